The lowest BCUT2D eigenvalue weighted by Crippen LogP contribution is -2.09. The highest BCUT2D eigenvalue weighted by atomic mass is 79.9. The van der Waals surface area contributed by atoms with E-state index in [1.807, 2.05) is 24.5 Å². The molecule has 0 aliphatic heterocycles. The van der Waals surface area contributed by atoms with Crippen molar-refractivity contribution in [3.05, 3.63) is 150 Å². The number of benzene rings is 5. The molecule has 40 heavy (non-hydrogen) atoms. The van der Waals surface area contributed by atoms with Gasteiger partial charge in [-0.25, -0.2) is 0 Å². The average molecular weight is 579 g/mol. The number of hydrogen-bond acceptors (Lipinski definition) is 3. The van der Waals surface area contributed by atoms with Gasteiger partial charge >= 0.3 is 0 Å². The highest BCUT2D eigenvalue weighted by molar-refractivity contribution is 9.10. The lowest BCUT2D eigenvalue weighted by Gasteiger charge is -2.26. The maximum absolute atomic E-state index is 4.65. The van der Waals surface area contributed by atoms with Crippen LogP contribution in [0, 0.1) is 0 Å². The zero-order valence-electron chi connectivity index (χ0n) is 21.6. The summed E-state index contributed by atoms with van der Waals surface area (Å²) in [5.41, 5.74) is 9.83. The molecule has 0 radical (unpaired) electrons. The summed E-state index contributed by atoms with van der Waals surface area (Å²) in [4.78, 5) is 11.6. The minimum atomic E-state index is 1.01. The molecule has 2 aromatic heterocycles. The molecule has 190 valence electrons. The van der Waals surface area contributed by atoms with Gasteiger partial charge in [-0.3, -0.25) is 9.97 Å². The van der Waals surface area contributed by atoms with Crippen LogP contribution in [0.5, 0.6) is 0 Å². The van der Waals surface area contributed by atoms with Crippen LogP contribution in [0.1, 0.15) is 0 Å². The van der Waals surface area contributed by atoms with Crippen LogP contribution in [-0.4, -0.2) is 9.97 Å². The number of para-hydroxylation sites is 2. The molecule has 0 aliphatic carbocycles. The standard InChI is InChI=1S/C36H24BrN3/c37-29-15-21-32(22-16-29)40(30-17-11-25(12-18-30)33-9-1-5-27-7-3-23-38-35(27)33)31-19-13-26(14-20-31)34-10-2-6-28-8-4-24-39-36(28)34/h1-24H. The van der Waals surface area contributed by atoms with E-state index < -0.39 is 0 Å². The molecule has 0 N–H and O–H groups in total. The predicted octanol–water partition coefficient (Wildman–Crippen LogP) is 10.3. The third-order valence-corrected chi connectivity index (χ3v) is 7.75. The van der Waals surface area contributed by atoms with Crippen molar-refractivity contribution in [3.8, 4) is 22.3 Å². The van der Waals surface area contributed by atoms with Gasteiger partial charge in [-0.05, 0) is 71.8 Å². The second-order valence-electron chi connectivity index (χ2n) is 9.67. The largest absolute Gasteiger partial charge is 0.311 e. The molecule has 0 unspecified atom stereocenters. The van der Waals surface area contributed by atoms with Gasteiger partial charge in [-0.2, -0.15) is 0 Å². The second kappa shape index (κ2) is 10.4. The first-order valence-electron chi connectivity index (χ1n) is 13.2. The highest BCUT2D eigenvalue weighted by Crippen LogP contribution is 2.38. The topological polar surface area (TPSA) is 29.0 Å². The van der Waals surface area contributed by atoms with Crippen molar-refractivity contribution in [2.45, 2.75) is 0 Å². The number of fused-ring (bicyclic) bond motifs is 2. The Morgan fingerprint density at radius 1 is 0.425 bits per heavy atom. The lowest BCUT2D eigenvalue weighted by molar-refractivity contribution is 1.28. The van der Waals surface area contributed by atoms with Gasteiger partial charge in [-0.15, -0.1) is 0 Å². The van der Waals surface area contributed by atoms with Gasteiger partial charge in [0.2, 0.25) is 0 Å². The van der Waals surface area contributed by atoms with Crippen LogP contribution in [-0.2, 0) is 0 Å². The molecule has 0 bridgehead atoms. The predicted molar refractivity (Wildman–Crippen MR) is 170 cm³/mol. The lowest BCUT2D eigenvalue weighted by atomic mass is 10.0. The Morgan fingerprint density at radius 2 is 0.825 bits per heavy atom. The van der Waals surface area contributed by atoms with Crippen LogP contribution >= 0.6 is 15.9 Å². The Hall–Kier alpha value is -4.80. The molecule has 7 aromatic rings. The first kappa shape index (κ1) is 24.3. The molecule has 3 nitrogen and oxygen atoms in total. The van der Waals surface area contributed by atoms with Gasteiger partial charge < -0.3 is 4.90 Å². The number of rotatable bonds is 5. The summed E-state index contributed by atoms with van der Waals surface area (Å²) < 4.78 is 1.05. The molecule has 0 fully saturated rings. The first-order valence-corrected chi connectivity index (χ1v) is 14.0. The maximum Gasteiger partial charge on any atom is 0.0780 e. The van der Waals surface area contributed by atoms with E-state index in [0.29, 0.717) is 0 Å². The van der Waals surface area contributed by atoms with E-state index >= 15 is 0 Å². The average Bonchev–Trinajstić information content (AvgIpc) is 3.02. The number of nitrogens with zero attached hydrogens (tertiary/aromatic N) is 3. The van der Waals surface area contributed by atoms with Crippen molar-refractivity contribution in [1.82, 2.24) is 9.97 Å². The zero-order valence-corrected chi connectivity index (χ0v) is 23.2. The van der Waals surface area contributed by atoms with Gasteiger partial charge in [0.1, 0.15) is 0 Å². The molecule has 7 rings (SSSR count). The summed E-state index contributed by atoms with van der Waals surface area (Å²) in [6.45, 7) is 0. The summed E-state index contributed by atoms with van der Waals surface area (Å²) >= 11 is 3.59. The quantitative estimate of drug-likeness (QED) is 0.204. The van der Waals surface area contributed by atoms with E-state index in [-0.39, 0.29) is 0 Å². The molecule has 2 heterocycles. The van der Waals surface area contributed by atoms with Crippen LogP contribution in [0.3, 0.4) is 0 Å². The van der Waals surface area contributed by atoms with Crippen molar-refractivity contribution in [3.63, 3.8) is 0 Å². The fraction of sp³-hybridized carbons (Fsp3) is 0. The van der Waals surface area contributed by atoms with E-state index in [9.17, 15) is 0 Å². The molecule has 0 saturated heterocycles. The van der Waals surface area contributed by atoms with Crippen molar-refractivity contribution in [2.75, 3.05) is 4.90 Å². The number of halogens is 1. The van der Waals surface area contributed by atoms with Crippen LogP contribution in [0.15, 0.2) is 150 Å². The Kier molecular flexibility index (Phi) is 6.31. The number of pyridine rings is 2. The van der Waals surface area contributed by atoms with Gasteiger partial charge in [0.05, 0.1) is 11.0 Å². The van der Waals surface area contributed by atoms with Crippen LogP contribution in [0.2, 0.25) is 0 Å². The van der Waals surface area contributed by atoms with E-state index in [0.717, 1.165) is 65.6 Å². The molecular weight excluding hydrogens is 554 g/mol. The van der Waals surface area contributed by atoms with E-state index in [1.54, 1.807) is 0 Å². The van der Waals surface area contributed by atoms with Crippen molar-refractivity contribution < 1.29 is 0 Å². The smallest absolute Gasteiger partial charge is 0.0780 e. The monoisotopic (exact) mass is 577 g/mol. The van der Waals surface area contributed by atoms with Crippen LogP contribution in [0.25, 0.3) is 44.1 Å². The Balaban J connectivity index is 1.29. The third-order valence-electron chi connectivity index (χ3n) is 7.22. The maximum atomic E-state index is 4.65. The molecule has 4 heteroatoms. The highest BCUT2D eigenvalue weighted by Gasteiger charge is 2.14. The molecular formula is C36H24BrN3. The summed E-state index contributed by atoms with van der Waals surface area (Å²) in [6, 6.07) is 46.7. The number of aromatic nitrogens is 2. The van der Waals surface area contributed by atoms with E-state index in [1.165, 1.54) is 0 Å². The SMILES string of the molecule is Brc1ccc(N(c2ccc(-c3cccc4cccnc34)cc2)c2ccc(-c3cccc4cccnc34)cc2)cc1. The van der Waals surface area contributed by atoms with Crippen LogP contribution < -0.4 is 4.90 Å². The summed E-state index contributed by atoms with van der Waals surface area (Å²) in [5, 5.41) is 2.28. The molecule has 0 saturated carbocycles. The molecule has 0 amide bonds. The minimum absolute atomic E-state index is 1.01. The number of hydrogen-bond donors (Lipinski definition) is 0. The Bertz CT molecular complexity index is 1810. The van der Waals surface area contributed by atoms with Gasteiger partial charge in [0.25, 0.3) is 0 Å². The third kappa shape index (κ3) is 4.53. The molecule has 5 aromatic carbocycles. The van der Waals surface area contributed by atoms with Gasteiger partial charge in [0, 0.05) is 55.8 Å². The van der Waals surface area contributed by atoms with Crippen LogP contribution in [0.4, 0.5) is 17.1 Å². The molecule has 0 aliphatic rings. The normalized spacial score (nSPS) is 11.1. The van der Waals surface area contributed by atoms with Gasteiger partial charge in [-0.1, -0.05) is 88.7 Å². The van der Waals surface area contributed by atoms with Crippen molar-refractivity contribution in [2.24, 2.45) is 0 Å². The fourth-order valence-corrected chi connectivity index (χ4v) is 5.56. The Morgan fingerprint density at radius 3 is 1.27 bits per heavy atom. The summed E-state index contributed by atoms with van der Waals surface area (Å²) in [7, 11) is 0. The zero-order chi connectivity index (χ0) is 26.9. The van der Waals surface area contributed by atoms with Crippen molar-refractivity contribution in [1.29, 1.82) is 0 Å². The molecule has 0 spiro atoms. The van der Waals surface area contributed by atoms with E-state index in [2.05, 4.69) is 152 Å². The van der Waals surface area contributed by atoms with Crippen molar-refractivity contribution >= 4 is 54.8 Å². The Labute approximate surface area is 241 Å². The van der Waals surface area contributed by atoms with Gasteiger partial charge in [0.15, 0.2) is 0 Å². The van der Waals surface area contributed by atoms with E-state index in [4.69, 9.17) is 0 Å². The molecule has 0 atom stereocenters. The fourth-order valence-electron chi connectivity index (χ4n) is 5.29. The second-order valence-corrected chi connectivity index (χ2v) is 10.6. The summed E-state index contributed by atoms with van der Waals surface area (Å²) in [5.74, 6) is 0. The minimum Gasteiger partial charge on any atom is -0.311 e. The number of anilines is 3. The first-order chi connectivity index (χ1) is 19.7. The summed E-state index contributed by atoms with van der Waals surface area (Å²) in [6.07, 6.45) is 3.71.